The first-order valence-corrected chi connectivity index (χ1v) is 12.1. The highest BCUT2D eigenvalue weighted by atomic mass is 32.1. The molecule has 4 aromatic rings. The van der Waals surface area contributed by atoms with Crippen LogP contribution in [-0.4, -0.2) is 42.4 Å². The van der Waals surface area contributed by atoms with Gasteiger partial charge in [0.15, 0.2) is 0 Å². The van der Waals surface area contributed by atoms with Crippen molar-refractivity contribution in [1.29, 1.82) is 0 Å². The van der Waals surface area contributed by atoms with Gasteiger partial charge in [0.25, 0.3) is 11.8 Å². The first kappa shape index (κ1) is 20.2. The number of hydrogen-bond donors (Lipinski definition) is 1. The fourth-order valence-electron chi connectivity index (χ4n) is 4.64. The zero-order valence-electron chi connectivity index (χ0n) is 18.3. The van der Waals surface area contributed by atoms with Crippen molar-refractivity contribution in [3.8, 4) is 0 Å². The zero-order chi connectivity index (χ0) is 22.5. The lowest BCUT2D eigenvalue weighted by molar-refractivity contribution is 0.0730. The van der Waals surface area contributed by atoms with Crippen molar-refractivity contribution in [2.45, 2.75) is 38.1 Å². The van der Waals surface area contributed by atoms with Crippen LogP contribution in [0, 0.1) is 0 Å². The molecule has 168 valence electrons. The molecule has 0 saturated heterocycles. The summed E-state index contributed by atoms with van der Waals surface area (Å²) in [6, 6.07) is 7.67. The number of imidazole rings is 1. The number of amides is 2. The third-order valence-corrected chi connectivity index (χ3v) is 7.79. The molecule has 8 nitrogen and oxygen atoms in total. The van der Waals surface area contributed by atoms with E-state index in [9.17, 15) is 9.59 Å². The van der Waals surface area contributed by atoms with Crippen LogP contribution in [0.3, 0.4) is 0 Å². The molecule has 0 radical (unpaired) electrons. The molecular formula is C24H24N6O2S. The molecule has 0 unspecified atom stereocenters. The van der Waals surface area contributed by atoms with Gasteiger partial charge in [-0.25, -0.2) is 4.98 Å². The Bertz CT molecular complexity index is 1380. The van der Waals surface area contributed by atoms with Crippen LogP contribution in [0.15, 0.2) is 42.0 Å². The van der Waals surface area contributed by atoms with Crippen molar-refractivity contribution in [3.05, 3.63) is 69.4 Å². The summed E-state index contributed by atoms with van der Waals surface area (Å²) in [6.45, 7) is 1.07. The lowest BCUT2D eigenvalue weighted by Crippen LogP contribution is -2.36. The van der Waals surface area contributed by atoms with Crippen molar-refractivity contribution in [3.63, 3.8) is 0 Å². The van der Waals surface area contributed by atoms with Crippen LogP contribution in [-0.2, 0) is 20.0 Å². The van der Waals surface area contributed by atoms with E-state index in [1.54, 1.807) is 22.2 Å². The predicted octanol–water partition coefficient (Wildman–Crippen LogP) is 3.85. The van der Waals surface area contributed by atoms with Crippen LogP contribution >= 0.6 is 11.3 Å². The zero-order valence-corrected chi connectivity index (χ0v) is 19.1. The highest BCUT2D eigenvalue weighted by molar-refractivity contribution is 7.10. The molecule has 1 aliphatic carbocycles. The van der Waals surface area contributed by atoms with E-state index >= 15 is 0 Å². The molecule has 1 saturated carbocycles. The molecular weight excluding hydrogens is 436 g/mol. The van der Waals surface area contributed by atoms with Crippen LogP contribution in [0.1, 0.15) is 62.2 Å². The quantitative estimate of drug-likeness (QED) is 0.501. The van der Waals surface area contributed by atoms with Gasteiger partial charge in [0.05, 0.1) is 24.0 Å². The minimum atomic E-state index is -0.114. The smallest absolute Gasteiger partial charge is 0.272 e. The van der Waals surface area contributed by atoms with E-state index in [0.29, 0.717) is 36.7 Å². The second kappa shape index (κ2) is 7.84. The molecule has 4 aromatic heterocycles. The lowest BCUT2D eigenvalue weighted by Gasteiger charge is -2.27. The Labute approximate surface area is 194 Å². The van der Waals surface area contributed by atoms with Gasteiger partial charge in [-0.15, -0.1) is 11.3 Å². The number of fused-ring (bicyclic) bond motifs is 2. The van der Waals surface area contributed by atoms with Gasteiger partial charge in [0.2, 0.25) is 0 Å². The van der Waals surface area contributed by atoms with Gasteiger partial charge in [-0.2, -0.15) is 5.10 Å². The molecule has 0 spiro atoms. The van der Waals surface area contributed by atoms with Crippen molar-refractivity contribution in [2.24, 2.45) is 7.05 Å². The van der Waals surface area contributed by atoms with Gasteiger partial charge >= 0.3 is 0 Å². The van der Waals surface area contributed by atoms with Crippen LogP contribution in [0.5, 0.6) is 0 Å². The first-order chi connectivity index (χ1) is 16.1. The summed E-state index contributed by atoms with van der Waals surface area (Å²) in [4.78, 5) is 33.5. The van der Waals surface area contributed by atoms with Crippen molar-refractivity contribution < 1.29 is 9.59 Å². The van der Waals surface area contributed by atoms with Crippen LogP contribution in [0.4, 0.5) is 5.82 Å². The first-order valence-electron chi connectivity index (χ1n) is 11.2. The number of aryl methyl sites for hydroxylation is 1. The second-order valence-electron chi connectivity index (χ2n) is 8.76. The number of aromatic nitrogens is 4. The van der Waals surface area contributed by atoms with Gasteiger partial charge in [-0.05, 0) is 37.0 Å². The SMILES string of the molecule is Cn1nc(C2CCC2)cc1NC(=O)c1csc2c1CCN(C(=O)c1cnc3ccccn13)C2. The molecule has 1 fully saturated rings. The van der Waals surface area contributed by atoms with Gasteiger partial charge in [0, 0.05) is 42.0 Å². The van der Waals surface area contributed by atoms with E-state index < -0.39 is 0 Å². The monoisotopic (exact) mass is 460 g/mol. The average Bonchev–Trinajstić information content (AvgIpc) is 3.48. The number of carbonyl (C=O) groups is 2. The maximum absolute atomic E-state index is 13.2. The van der Waals surface area contributed by atoms with Gasteiger partial charge in [0.1, 0.15) is 17.2 Å². The average molecular weight is 461 g/mol. The molecule has 0 aromatic carbocycles. The second-order valence-corrected chi connectivity index (χ2v) is 9.72. The van der Waals surface area contributed by atoms with Crippen LogP contribution in [0.25, 0.3) is 5.65 Å². The summed E-state index contributed by atoms with van der Waals surface area (Å²) < 4.78 is 3.57. The summed E-state index contributed by atoms with van der Waals surface area (Å²) in [7, 11) is 1.87. The summed E-state index contributed by atoms with van der Waals surface area (Å²) in [5, 5.41) is 9.53. The number of carbonyl (C=O) groups excluding carboxylic acids is 2. The molecule has 1 aliphatic heterocycles. The Morgan fingerprint density at radius 3 is 2.94 bits per heavy atom. The number of nitrogens with one attached hydrogen (secondary N) is 1. The summed E-state index contributed by atoms with van der Waals surface area (Å²) in [5.74, 6) is 1.09. The van der Waals surface area contributed by atoms with Gasteiger partial charge < -0.3 is 10.2 Å². The van der Waals surface area contributed by atoms with E-state index in [2.05, 4.69) is 15.4 Å². The normalized spacial score (nSPS) is 16.0. The van der Waals surface area contributed by atoms with Crippen LogP contribution < -0.4 is 5.32 Å². The topological polar surface area (TPSA) is 84.5 Å². The minimum absolute atomic E-state index is 0.0443. The fourth-order valence-corrected chi connectivity index (χ4v) is 5.73. The van der Waals surface area contributed by atoms with E-state index in [1.807, 2.05) is 52.2 Å². The maximum Gasteiger partial charge on any atom is 0.272 e. The Morgan fingerprint density at radius 2 is 2.12 bits per heavy atom. The third kappa shape index (κ3) is 3.43. The predicted molar refractivity (Wildman–Crippen MR) is 126 cm³/mol. The Morgan fingerprint density at radius 1 is 1.24 bits per heavy atom. The molecule has 5 heterocycles. The largest absolute Gasteiger partial charge is 0.332 e. The van der Waals surface area contributed by atoms with E-state index in [0.717, 1.165) is 27.6 Å². The van der Waals surface area contributed by atoms with E-state index in [4.69, 9.17) is 0 Å². The third-order valence-electron chi connectivity index (χ3n) is 6.78. The van der Waals surface area contributed by atoms with Crippen molar-refractivity contribution in [2.75, 3.05) is 11.9 Å². The Balaban J connectivity index is 1.19. The number of thiophene rings is 1. The van der Waals surface area contributed by atoms with E-state index in [-0.39, 0.29) is 11.8 Å². The lowest BCUT2D eigenvalue weighted by atomic mass is 9.83. The fraction of sp³-hybridized carbons (Fsp3) is 0.333. The number of pyridine rings is 1. The summed E-state index contributed by atoms with van der Waals surface area (Å²) >= 11 is 1.54. The maximum atomic E-state index is 13.2. The van der Waals surface area contributed by atoms with Crippen LogP contribution in [0.2, 0.25) is 0 Å². The molecule has 9 heteroatoms. The van der Waals surface area contributed by atoms with Gasteiger partial charge in [-0.1, -0.05) is 12.5 Å². The number of hydrogen-bond acceptors (Lipinski definition) is 5. The highest BCUT2D eigenvalue weighted by Crippen LogP contribution is 2.36. The summed E-state index contributed by atoms with van der Waals surface area (Å²) in [5.41, 5.74) is 4.11. The number of rotatable bonds is 4. The molecule has 2 aliphatic rings. The molecule has 0 atom stereocenters. The number of nitrogens with zero attached hydrogens (tertiary/aromatic N) is 5. The highest BCUT2D eigenvalue weighted by Gasteiger charge is 2.29. The van der Waals surface area contributed by atoms with E-state index in [1.165, 1.54) is 19.3 Å². The van der Waals surface area contributed by atoms with Crippen molar-refractivity contribution >= 4 is 34.6 Å². The molecule has 1 N–H and O–H groups in total. The Kier molecular flexibility index (Phi) is 4.79. The van der Waals surface area contributed by atoms with Gasteiger partial charge in [-0.3, -0.25) is 18.7 Å². The standard InChI is InChI=1S/C24H24N6O2S/c1-28-22(11-18(27-28)15-5-4-6-15)26-23(31)17-14-33-20-13-29(10-8-16(17)20)24(32)19-12-25-21-7-2-3-9-30(19)21/h2-3,7,9,11-12,14-15H,4-6,8,10,13H2,1H3,(H,26,31). The molecule has 2 amide bonds. The molecule has 33 heavy (non-hydrogen) atoms. The Hall–Kier alpha value is -3.46. The summed E-state index contributed by atoms with van der Waals surface area (Å²) in [6.07, 6.45) is 7.74. The molecule has 0 bridgehead atoms. The number of anilines is 1. The molecule has 6 rings (SSSR count). The minimum Gasteiger partial charge on any atom is -0.332 e. The van der Waals surface area contributed by atoms with Crippen molar-refractivity contribution in [1.82, 2.24) is 24.1 Å².